The second-order valence-corrected chi connectivity index (χ2v) is 5.44. The summed E-state index contributed by atoms with van der Waals surface area (Å²) in [5.41, 5.74) is 0.0946. The summed E-state index contributed by atoms with van der Waals surface area (Å²) in [6.07, 6.45) is -4.04. The van der Waals surface area contributed by atoms with Gasteiger partial charge in [-0.2, -0.15) is 0 Å². The zero-order chi connectivity index (χ0) is 20.4. The van der Waals surface area contributed by atoms with Crippen LogP contribution in [0.3, 0.4) is 0 Å². The number of aliphatic hydroxyl groups is 1. The second-order valence-electron chi connectivity index (χ2n) is 5.44. The highest BCUT2D eigenvalue weighted by molar-refractivity contribution is 5.97. The van der Waals surface area contributed by atoms with Crippen LogP contribution in [0.2, 0.25) is 0 Å². The standard InChI is InChI=1S/C18H24O5/c1-12-6-5-9-14(19)8-4-2-3-7-13-10-15(20)11-16(21)17(13)18(22)23-12/h3,7,10-12,14,19-21H,2,4-6,8-9H2,1H3/t12-,14-/m0/s1/i8D2,9D2. The Balaban J connectivity index is 2.42. The van der Waals surface area contributed by atoms with Crippen LogP contribution in [0.1, 0.15) is 66.8 Å². The SMILES string of the molecule is [2H]C1([2H])CCC=Cc2cc(O)cc(O)c2C(=O)O[C@@H](C)CCC([2H])([2H])[C@H]1O. The third-order valence-electron chi connectivity index (χ3n) is 3.48. The first-order valence-electron chi connectivity index (χ1n) is 9.55. The molecule has 2 rings (SSSR count). The van der Waals surface area contributed by atoms with Crippen molar-refractivity contribution in [2.45, 2.75) is 57.6 Å². The lowest BCUT2D eigenvalue weighted by atomic mass is 10.0. The molecule has 3 N–H and O–H groups in total. The molecule has 1 heterocycles. The summed E-state index contributed by atoms with van der Waals surface area (Å²) in [6.45, 7) is 1.55. The highest BCUT2D eigenvalue weighted by Gasteiger charge is 2.20. The smallest absolute Gasteiger partial charge is 0.342 e. The Morgan fingerprint density at radius 2 is 2.00 bits per heavy atom. The molecule has 5 heteroatoms. The zero-order valence-electron chi connectivity index (χ0n) is 17.0. The van der Waals surface area contributed by atoms with Crippen LogP contribution in [0.4, 0.5) is 0 Å². The van der Waals surface area contributed by atoms with Gasteiger partial charge in [0.25, 0.3) is 0 Å². The van der Waals surface area contributed by atoms with Gasteiger partial charge in [-0.3, -0.25) is 0 Å². The van der Waals surface area contributed by atoms with E-state index in [0.717, 1.165) is 6.07 Å². The molecule has 0 radical (unpaired) electrons. The third-order valence-corrected chi connectivity index (χ3v) is 3.48. The molecule has 0 aliphatic carbocycles. The van der Waals surface area contributed by atoms with Crippen LogP contribution in [0, 0.1) is 0 Å². The number of hydrogen-bond donors (Lipinski definition) is 3. The van der Waals surface area contributed by atoms with E-state index in [1.807, 2.05) is 0 Å². The Bertz CT molecular complexity index is 733. The Labute approximate surface area is 141 Å². The van der Waals surface area contributed by atoms with Crippen molar-refractivity contribution in [3.63, 3.8) is 0 Å². The number of aliphatic hydroxyl groups excluding tert-OH is 1. The molecule has 0 saturated heterocycles. The van der Waals surface area contributed by atoms with Gasteiger partial charge in [0, 0.05) is 11.5 Å². The molecule has 0 fully saturated rings. The van der Waals surface area contributed by atoms with Crippen LogP contribution in [-0.4, -0.2) is 33.5 Å². The maximum Gasteiger partial charge on any atom is 0.342 e. The minimum absolute atomic E-state index is 0.0654. The van der Waals surface area contributed by atoms with Crippen molar-refractivity contribution in [3.8, 4) is 11.5 Å². The molecular weight excluding hydrogens is 296 g/mol. The quantitative estimate of drug-likeness (QED) is 0.637. The molecule has 0 amide bonds. The van der Waals surface area contributed by atoms with Gasteiger partial charge in [-0.1, -0.05) is 12.2 Å². The molecule has 2 atom stereocenters. The highest BCUT2D eigenvalue weighted by Crippen LogP contribution is 2.30. The Morgan fingerprint density at radius 1 is 1.26 bits per heavy atom. The summed E-state index contributed by atoms with van der Waals surface area (Å²) in [6, 6.07) is 2.31. The normalized spacial score (nSPS) is 30.6. The molecular formula is C18H24O5. The largest absolute Gasteiger partial charge is 0.508 e. The molecule has 0 unspecified atom stereocenters. The molecule has 23 heavy (non-hydrogen) atoms. The van der Waals surface area contributed by atoms with Crippen molar-refractivity contribution in [1.82, 2.24) is 0 Å². The van der Waals surface area contributed by atoms with Gasteiger partial charge in [0.2, 0.25) is 0 Å². The van der Waals surface area contributed by atoms with Crippen molar-refractivity contribution in [3.05, 3.63) is 29.3 Å². The van der Waals surface area contributed by atoms with Gasteiger partial charge in [0.05, 0.1) is 12.2 Å². The summed E-state index contributed by atoms with van der Waals surface area (Å²) in [5, 5.41) is 29.9. The maximum absolute atomic E-state index is 12.4. The average Bonchev–Trinajstić information content (AvgIpc) is 2.55. The predicted octanol–water partition coefficient (Wildman–Crippen LogP) is 3.37. The minimum atomic E-state index is -2.19. The van der Waals surface area contributed by atoms with Crippen LogP contribution < -0.4 is 0 Å². The van der Waals surface area contributed by atoms with E-state index in [0.29, 0.717) is 0 Å². The molecule has 5 nitrogen and oxygen atoms in total. The first-order chi connectivity index (χ1) is 12.4. The number of ether oxygens (including phenoxy) is 1. The average molecular weight is 324 g/mol. The number of aromatic hydroxyl groups is 2. The molecule has 0 aromatic heterocycles. The number of phenolic OH excluding ortho intramolecular Hbond substituents is 2. The van der Waals surface area contributed by atoms with E-state index in [2.05, 4.69) is 0 Å². The Morgan fingerprint density at radius 3 is 2.78 bits per heavy atom. The lowest BCUT2D eigenvalue weighted by Crippen LogP contribution is -2.17. The van der Waals surface area contributed by atoms with Crippen LogP contribution in [-0.2, 0) is 4.74 Å². The van der Waals surface area contributed by atoms with E-state index < -0.39 is 36.7 Å². The molecule has 1 aromatic rings. The van der Waals surface area contributed by atoms with Crippen molar-refractivity contribution in [2.75, 3.05) is 0 Å². The number of phenols is 2. The number of hydrogen-bond acceptors (Lipinski definition) is 5. The molecule has 1 aliphatic heterocycles. The predicted molar refractivity (Wildman–Crippen MR) is 87.4 cm³/mol. The fourth-order valence-electron chi connectivity index (χ4n) is 2.30. The summed E-state index contributed by atoms with van der Waals surface area (Å²) in [4.78, 5) is 12.4. The van der Waals surface area contributed by atoms with Gasteiger partial charge >= 0.3 is 5.97 Å². The molecule has 0 saturated carbocycles. The molecule has 1 aromatic carbocycles. The van der Waals surface area contributed by atoms with Crippen molar-refractivity contribution in [1.29, 1.82) is 0 Å². The second kappa shape index (κ2) is 8.02. The number of allylic oxidation sites excluding steroid dienone is 1. The van der Waals surface area contributed by atoms with Crippen molar-refractivity contribution < 1.29 is 30.3 Å². The minimum Gasteiger partial charge on any atom is -0.508 e. The number of carbonyl (C=O) groups excluding carboxylic acids is 1. The van der Waals surface area contributed by atoms with Crippen LogP contribution >= 0.6 is 0 Å². The monoisotopic (exact) mass is 324 g/mol. The van der Waals surface area contributed by atoms with Gasteiger partial charge < -0.3 is 20.1 Å². The fourth-order valence-corrected chi connectivity index (χ4v) is 2.30. The van der Waals surface area contributed by atoms with E-state index >= 15 is 0 Å². The summed E-state index contributed by atoms with van der Waals surface area (Å²) in [7, 11) is 0. The number of fused-ring (bicyclic) bond motifs is 1. The summed E-state index contributed by atoms with van der Waals surface area (Å²) >= 11 is 0. The van der Waals surface area contributed by atoms with Gasteiger partial charge in [0.15, 0.2) is 0 Å². The van der Waals surface area contributed by atoms with E-state index in [-0.39, 0.29) is 42.6 Å². The number of carbonyl (C=O) groups is 1. The first kappa shape index (κ1) is 12.4. The van der Waals surface area contributed by atoms with Gasteiger partial charge in [-0.05, 0) is 57.0 Å². The van der Waals surface area contributed by atoms with Crippen LogP contribution in [0.25, 0.3) is 6.08 Å². The third kappa shape index (κ3) is 4.99. The lowest BCUT2D eigenvalue weighted by molar-refractivity contribution is 0.0307. The fraction of sp³-hybridized carbons (Fsp3) is 0.500. The number of cyclic esters (lactones) is 1. The highest BCUT2D eigenvalue weighted by atomic mass is 16.5. The van der Waals surface area contributed by atoms with Crippen molar-refractivity contribution in [2.24, 2.45) is 0 Å². The van der Waals surface area contributed by atoms with Gasteiger partial charge in [0.1, 0.15) is 17.1 Å². The van der Waals surface area contributed by atoms with Gasteiger partial charge in [-0.25, -0.2) is 4.79 Å². The topological polar surface area (TPSA) is 87.0 Å². The number of rotatable bonds is 0. The molecule has 126 valence electrons. The Hall–Kier alpha value is -2.01. The van der Waals surface area contributed by atoms with E-state index in [9.17, 15) is 20.1 Å². The van der Waals surface area contributed by atoms with Crippen LogP contribution in [0.5, 0.6) is 11.5 Å². The summed E-state index contributed by atoms with van der Waals surface area (Å²) in [5.74, 6) is -1.50. The van der Waals surface area contributed by atoms with Crippen LogP contribution in [0.15, 0.2) is 18.2 Å². The molecule has 0 bridgehead atoms. The van der Waals surface area contributed by atoms with E-state index in [4.69, 9.17) is 10.2 Å². The number of esters is 1. The molecule has 1 aliphatic rings. The number of benzene rings is 1. The van der Waals surface area contributed by atoms with E-state index in [1.54, 1.807) is 6.92 Å². The summed E-state index contributed by atoms with van der Waals surface area (Å²) < 4.78 is 37.2. The molecule has 0 spiro atoms. The zero-order valence-corrected chi connectivity index (χ0v) is 13.0. The van der Waals surface area contributed by atoms with E-state index in [1.165, 1.54) is 18.2 Å². The maximum atomic E-state index is 12.4. The lowest BCUT2D eigenvalue weighted by Gasteiger charge is -2.17. The first-order valence-corrected chi connectivity index (χ1v) is 7.55. The van der Waals surface area contributed by atoms with Crippen molar-refractivity contribution >= 4 is 12.0 Å². The van der Waals surface area contributed by atoms with Gasteiger partial charge in [-0.15, -0.1) is 0 Å². The Kier molecular flexibility index (Phi) is 4.33.